The molecule has 0 aliphatic carbocycles. The summed E-state index contributed by atoms with van der Waals surface area (Å²) in [5.74, 6) is 0. The highest BCUT2D eigenvalue weighted by Gasteiger charge is 1.91. The van der Waals surface area contributed by atoms with Crippen molar-refractivity contribution in [2.24, 2.45) is 4.99 Å². The summed E-state index contributed by atoms with van der Waals surface area (Å²) in [6.07, 6.45) is 23.6. The lowest BCUT2D eigenvalue weighted by atomic mass is 10.1. The van der Waals surface area contributed by atoms with Crippen LogP contribution in [0.15, 0.2) is 17.1 Å². The minimum atomic E-state index is 0.866. The van der Waals surface area contributed by atoms with Crippen molar-refractivity contribution in [3.05, 3.63) is 12.2 Å². The number of nitrogens with zero attached hydrogens (tertiary/aromatic N) is 1. The molecule has 0 N–H and O–H groups in total. The first-order valence-corrected chi connectivity index (χ1v) is 9.51. The molecule has 21 heavy (non-hydrogen) atoms. The van der Waals surface area contributed by atoms with Gasteiger partial charge in [0.05, 0.1) is 5.16 Å². The SMILES string of the molecule is CCCCCCCC/C=C\CCCCCCCCN=C=S. The molecular weight excluding hydrogens is 274 g/mol. The third-order valence-corrected chi connectivity index (χ3v) is 3.98. The fourth-order valence-electron chi connectivity index (χ4n) is 2.48. The first kappa shape index (κ1) is 20.5. The smallest absolute Gasteiger partial charge is 0.0584 e. The van der Waals surface area contributed by atoms with Gasteiger partial charge in [-0.05, 0) is 44.3 Å². The Labute approximate surface area is 138 Å². The molecule has 0 unspecified atom stereocenters. The van der Waals surface area contributed by atoms with Crippen LogP contribution in [0.25, 0.3) is 0 Å². The zero-order valence-corrected chi connectivity index (χ0v) is 14.9. The minimum Gasteiger partial charge on any atom is -0.233 e. The molecule has 0 spiro atoms. The van der Waals surface area contributed by atoms with Crippen molar-refractivity contribution in [3.8, 4) is 0 Å². The molecule has 0 saturated carbocycles. The first-order valence-electron chi connectivity index (χ1n) is 9.10. The topological polar surface area (TPSA) is 12.4 Å². The fraction of sp³-hybridized carbons (Fsp3) is 0.842. The molecule has 0 radical (unpaired) electrons. The van der Waals surface area contributed by atoms with E-state index in [9.17, 15) is 0 Å². The molecule has 0 aromatic heterocycles. The Morgan fingerprint density at radius 3 is 1.71 bits per heavy atom. The summed E-state index contributed by atoms with van der Waals surface area (Å²) in [7, 11) is 0. The molecule has 0 aromatic rings. The summed E-state index contributed by atoms with van der Waals surface area (Å²) in [5.41, 5.74) is 0. The Balaban J connectivity index is 3.06. The van der Waals surface area contributed by atoms with Gasteiger partial charge in [-0.3, -0.25) is 0 Å². The maximum atomic E-state index is 4.54. The molecule has 0 bridgehead atoms. The molecule has 2 heteroatoms. The van der Waals surface area contributed by atoms with Gasteiger partial charge in [0.15, 0.2) is 0 Å². The number of rotatable bonds is 16. The summed E-state index contributed by atoms with van der Waals surface area (Å²) in [5, 5.41) is 2.42. The van der Waals surface area contributed by atoms with Crippen LogP contribution in [0.2, 0.25) is 0 Å². The van der Waals surface area contributed by atoms with Crippen LogP contribution >= 0.6 is 12.2 Å². The lowest BCUT2D eigenvalue weighted by molar-refractivity contribution is 0.600. The van der Waals surface area contributed by atoms with E-state index in [2.05, 4.69) is 41.4 Å². The Bertz CT molecular complexity index is 267. The van der Waals surface area contributed by atoms with Gasteiger partial charge in [-0.25, -0.2) is 4.99 Å². The number of allylic oxidation sites excluding steroid dienone is 2. The monoisotopic (exact) mass is 309 g/mol. The van der Waals surface area contributed by atoms with E-state index < -0.39 is 0 Å². The van der Waals surface area contributed by atoms with Crippen molar-refractivity contribution < 1.29 is 0 Å². The quantitative estimate of drug-likeness (QED) is 0.128. The summed E-state index contributed by atoms with van der Waals surface area (Å²) in [6.45, 7) is 3.14. The van der Waals surface area contributed by atoms with E-state index in [4.69, 9.17) is 0 Å². The second-order valence-electron chi connectivity index (χ2n) is 5.91. The molecule has 1 nitrogen and oxygen atoms in total. The molecule has 0 rings (SSSR count). The molecule has 0 aromatic carbocycles. The highest BCUT2D eigenvalue weighted by atomic mass is 32.1. The second kappa shape index (κ2) is 19.5. The van der Waals surface area contributed by atoms with Gasteiger partial charge in [0.25, 0.3) is 0 Å². The Hall–Kier alpha value is -0.460. The van der Waals surface area contributed by atoms with Crippen LogP contribution in [0, 0.1) is 0 Å². The van der Waals surface area contributed by atoms with Crippen LogP contribution in [-0.4, -0.2) is 11.7 Å². The van der Waals surface area contributed by atoms with Gasteiger partial charge in [-0.15, -0.1) is 0 Å². The van der Waals surface area contributed by atoms with Crippen LogP contribution < -0.4 is 0 Å². The number of hydrogen-bond donors (Lipinski definition) is 0. The summed E-state index contributed by atoms with van der Waals surface area (Å²) >= 11 is 4.54. The lowest BCUT2D eigenvalue weighted by Gasteiger charge is -1.99. The minimum absolute atomic E-state index is 0.866. The molecule has 0 fully saturated rings. The van der Waals surface area contributed by atoms with Crippen molar-refractivity contribution in [1.29, 1.82) is 0 Å². The zero-order chi connectivity index (χ0) is 15.4. The van der Waals surface area contributed by atoms with Gasteiger partial charge in [-0.2, -0.15) is 0 Å². The van der Waals surface area contributed by atoms with E-state index in [1.807, 2.05) is 0 Å². The highest BCUT2D eigenvalue weighted by Crippen LogP contribution is 2.09. The highest BCUT2D eigenvalue weighted by molar-refractivity contribution is 7.78. The van der Waals surface area contributed by atoms with Gasteiger partial charge >= 0.3 is 0 Å². The Morgan fingerprint density at radius 1 is 0.714 bits per heavy atom. The van der Waals surface area contributed by atoms with Gasteiger partial charge in [0.2, 0.25) is 0 Å². The van der Waals surface area contributed by atoms with Crippen LogP contribution in [0.3, 0.4) is 0 Å². The predicted molar refractivity (Wildman–Crippen MR) is 99.3 cm³/mol. The average molecular weight is 310 g/mol. The summed E-state index contributed by atoms with van der Waals surface area (Å²) in [4.78, 5) is 3.93. The van der Waals surface area contributed by atoms with Gasteiger partial charge < -0.3 is 0 Å². The molecule has 0 amide bonds. The third-order valence-electron chi connectivity index (χ3n) is 3.85. The van der Waals surface area contributed by atoms with Crippen LogP contribution in [0.1, 0.15) is 96.8 Å². The van der Waals surface area contributed by atoms with Crippen molar-refractivity contribution in [2.45, 2.75) is 96.8 Å². The zero-order valence-electron chi connectivity index (χ0n) is 14.1. The Morgan fingerprint density at radius 2 is 1.19 bits per heavy atom. The Kier molecular flexibility index (Phi) is 19.1. The van der Waals surface area contributed by atoms with E-state index in [1.54, 1.807) is 0 Å². The van der Waals surface area contributed by atoms with Gasteiger partial charge in [-0.1, -0.05) is 76.9 Å². The van der Waals surface area contributed by atoms with Crippen LogP contribution in [0.4, 0.5) is 0 Å². The molecule has 0 atom stereocenters. The normalized spacial score (nSPS) is 10.9. The van der Waals surface area contributed by atoms with E-state index in [1.165, 1.54) is 89.9 Å². The van der Waals surface area contributed by atoms with Crippen molar-refractivity contribution >= 4 is 17.4 Å². The predicted octanol–water partition coefficient (Wildman–Crippen LogP) is 7.13. The standard InChI is InChI=1S/C19H35NS/c1-2-3-4-5-6-7-8-9-10-11-12-13-14-15-16-17-18-20-19-21/h9-10H,2-8,11-18H2,1H3/b10-9-. The second-order valence-corrected chi connectivity index (χ2v) is 6.09. The molecule has 0 aliphatic heterocycles. The number of thiocarbonyl (C=S) groups is 1. The molecule has 0 aliphatic rings. The van der Waals surface area contributed by atoms with E-state index in [0.29, 0.717) is 0 Å². The summed E-state index contributed by atoms with van der Waals surface area (Å²) < 4.78 is 0. The average Bonchev–Trinajstić information content (AvgIpc) is 2.50. The molecule has 122 valence electrons. The van der Waals surface area contributed by atoms with Crippen molar-refractivity contribution in [2.75, 3.05) is 6.54 Å². The number of unbranched alkanes of at least 4 members (excludes halogenated alkanes) is 12. The number of hydrogen-bond acceptors (Lipinski definition) is 2. The number of isothiocyanates is 1. The van der Waals surface area contributed by atoms with E-state index >= 15 is 0 Å². The van der Waals surface area contributed by atoms with Crippen LogP contribution in [0.5, 0.6) is 0 Å². The lowest BCUT2D eigenvalue weighted by Crippen LogP contribution is -1.82. The van der Waals surface area contributed by atoms with Gasteiger partial charge in [0.1, 0.15) is 0 Å². The number of aliphatic imine (C=N–C) groups is 1. The fourth-order valence-corrected chi connectivity index (χ4v) is 2.58. The molecular formula is C19H35NS. The first-order chi connectivity index (χ1) is 10.4. The summed E-state index contributed by atoms with van der Waals surface area (Å²) in [6, 6.07) is 0. The van der Waals surface area contributed by atoms with Crippen LogP contribution in [-0.2, 0) is 0 Å². The van der Waals surface area contributed by atoms with Crippen molar-refractivity contribution in [1.82, 2.24) is 0 Å². The van der Waals surface area contributed by atoms with E-state index in [0.717, 1.165) is 6.54 Å². The molecule has 0 heterocycles. The molecule has 0 saturated heterocycles. The largest absolute Gasteiger partial charge is 0.233 e. The van der Waals surface area contributed by atoms with E-state index in [-0.39, 0.29) is 0 Å². The van der Waals surface area contributed by atoms with Gasteiger partial charge in [0, 0.05) is 6.54 Å². The van der Waals surface area contributed by atoms with Crippen molar-refractivity contribution in [3.63, 3.8) is 0 Å². The third kappa shape index (κ3) is 19.5. The maximum absolute atomic E-state index is 4.54. The maximum Gasteiger partial charge on any atom is 0.0584 e.